The van der Waals surface area contributed by atoms with Gasteiger partial charge >= 0.3 is 0 Å². The summed E-state index contributed by atoms with van der Waals surface area (Å²) in [5.41, 5.74) is 2.62. The second kappa shape index (κ2) is 5.78. The zero-order valence-corrected chi connectivity index (χ0v) is 16.7. The number of carbonyl (C=O) groups is 1. The van der Waals surface area contributed by atoms with Crippen LogP contribution >= 0.6 is 0 Å². The van der Waals surface area contributed by atoms with E-state index in [0.29, 0.717) is 17.8 Å². The van der Waals surface area contributed by atoms with Crippen molar-refractivity contribution in [2.24, 2.45) is 34.0 Å². The van der Waals surface area contributed by atoms with Crippen molar-refractivity contribution in [2.75, 3.05) is 6.61 Å². The van der Waals surface area contributed by atoms with Crippen molar-refractivity contribution in [1.82, 2.24) is 0 Å². The Bertz CT molecular complexity index is 692. The number of ketones is 1. The predicted octanol–water partition coefficient (Wildman–Crippen LogP) is 4.04. The van der Waals surface area contributed by atoms with Gasteiger partial charge in [0.2, 0.25) is 0 Å². The summed E-state index contributed by atoms with van der Waals surface area (Å²) in [5.74, 6) is 1.39. The lowest BCUT2D eigenvalue weighted by Crippen LogP contribution is -2.51. The Morgan fingerprint density at radius 1 is 1.27 bits per heavy atom. The van der Waals surface area contributed by atoms with Crippen molar-refractivity contribution in [3.05, 3.63) is 23.3 Å². The number of rotatable bonds is 2. The number of allylic oxidation sites excluding steroid dienone is 3. The zero-order valence-electron chi connectivity index (χ0n) is 16.7. The normalized spacial score (nSPS) is 50.2. The number of aliphatic hydroxyl groups is 2. The van der Waals surface area contributed by atoms with E-state index in [1.807, 2.05) is 0 Å². The Balaban J connectivity index is 1.77. The molecule has 3 unspecified atom stereocenters. The molecule has 3 heteroatoms. The molecule has 7 atom stereocenters. The molecular formula is C23H34O3. The molecule has 2 fully saturated rings. The van der Waals surface area contributed by atoms with Gasteiger partial charge in [0, 0.05) is 10.8 Å². The fourth-order valence-electron chi connectivity index (χ4n) is 7.33. The predicted molar refractivity (Wildman–Crippen MR) is 102 cm³/mol. The van der Waals surface area contributed by atoms with Crippen molar-refractivity contribution in [3.63, 3.8) is 0 Å². The average molecular weight is 359 g/mol. The maximum absolute atomic E-state index is 12.8. The molecule has 0 aromatic carbocycles. The maximum Gasteiger partial charge on any atom is 0.164 e. The summed E-state index contributed by atoms with van der Waals surface area (Å²) in [4.78, 5) is 12.8. The highest BCUT2D eigenvalue weighted by Crippen LogP contribution is 2.69. The van der Waals surface area contributed by atoms with Crippen LogP contribution in [0.15, 0.2) is 23.3 Å². The minimum Gasteiger partial charge on any atom is -0.389 e. The van der Waals surface area contributed by atoms with Crippen LogP contribution in [0.25, 0.3) is 0 Å². The van der Waals surface area contributed by atoms with E-state index in [4.69, 9.17) is 0 Å². The van der Waals surface area contributed by atoms with Crippen LogP contribution in [0.3, 0.4) is 0 Å². The van der Waals surface area contributed by atoms with Gasteiger partial charge in [-0.3, -0.25) is 4.79 Å². The fourth-order valence-corrected chi connectivity index (χ4v) is 7.33. The van der Waals surface area contributed by atoms with E-state index in [1.54, 1.807) is 5.57 Å². The standard InChI is InChI=1S/C23H34O3/c1-14-11-19-17-6-5-15-12-16(25)7-9-21(15,2)18(17)8-10-22(19,3)23(14,4)20(26)13-24/h8,12,14,16-17,19,24-25H,5-7,9-11,13H2,1-4H3/t14-,16?,17?,19?,21+,22+,23-/m1/s1. The first-order valence-corrected chi connectivity index (χ1v) is 10.4. The summed E-state index contributed by atoms with van der Waals surface area (Å²) in [5, 5.41) is 19.7. The van der Waals surface area contributed by atoms with Crippen LogP contribution in [0.1, 0.15) is 66.2 Å². The molecule has 4 rings (SSSR count). The van der Waals surface area contributed by atoms with Gasteiger partial charge in [-0.25, -0.2) is 0 Å². The monoisotopic (exact) mass is 358 g/mol. The minimum absolute atomic E-state index is 0.0234. The van der Waals surface area contributed by atoms with Crippen molar-refractivity contribution < 1.29 is 15.0 Å². The van der Waals surface area contributed by atoms with Crippen LogP contribution in [0, 0.1) is 34.0 Å². The molecule has 4 aliphatic carbocycles. The summed E-state index contributed by atoms with van der Waals surface area (Å²) in [6.07, 6.45) is 10.4. The number of hydrogen-bond donors (Lipinski definition) is 2. The Hall–Kier alpha value is -0.930. The van der Waals surface area contributed by atoms with Gasteiger partial charge in [0.15, 0.2) is 5.78 Å². The SMILES string of the molecule is C[C@@H]1CC2C3CCC4=CC(O)CC[C@]4(C)C3=CC[C@]2(C)[C@@]1(C)C(=O)CO. The lowest BCUT2D eigenvalue weighted by molar-refractivity contribution is -0.141. The lowest BCUT2D eigenvalue weighted by atomic mass is 9.48. The van der Waals surface area contributed by atoms with Gasteiger partial charge in [0.05, 0.1) is 6.10 Å². The smallest absolute Gasteiger partial charge is 0.164 e. The largest absolute Gasteiger partial charge is 0.389 e. The fraction of sp³-hybridized carbons (Fsp3) is 0.783. The highest BCUT2D eigenvalue weighted by molar-refractivity contribution is 5.87. The highest BCUT2D eigenvalue weighted by Gasteiger charge is 2.65. The maximum atomic E-state index is 12.8. The summed E-state index contributed by atoms with van der Waals surface area (Å²) < 4.78 is 0. The first-order chi connectivity index (χ1) is 12.2. The Morgan fingerprint density at radius 2 is 2.00 bits per heavy atom. The van der Waals surface area contributed by atoms with Crippen LogP contribution in [0.5, 0.6) is 0 Å². The summed E-state index contributed by atoms with van der Waals surface area (Å²) in [6, 6.07) is 0. The van der Waals surface area contributed by atoms with Crippen molar-refractivity contribution >= 4 is 5.78 Å². The molecule has 26 heavy (non-hydrogen) atoms. The molecule has 0 radical (unpaired) electrons. The third-order valence-electron chi connectivity index (χ3n) is 9.36. The quantitative estimate of drug-likeness (QED) is 0.732. The van der Waals surface area contributed by atoms with Crippen molar-refractivity contribution in [3.8, 4) is 0 Å². The summed E-state index contributed by atoms with van der Waals surface area (Å²) in [7, 11) is 0. The van der Waals surface area contributed by atoms with Gasteiger partial charge in [0.25, 0.3) is 0 Å². The van der Waals surface area contributed by atoms with E-state index < -0.39 is 5.41 Å². The van der Waals surface area contributed by atoms with Crippen LogP contribution in [0.2, 0.25) is 0 Å². The number of carbonyl (C=O) groups excluding carboxylic acids is 1. The van der Waals surface area contributed by atoms with Crippen molar-refractivity contribution in [1.29, 1.82) is 0 Å². The topological polar surface area (TPSA) is 57.5 Å². The van der Waals surface area contributed by atoms with Crippen LogP contribution in [-0.4, -0.2) is 28.7 Å². The van der Waals surface area contributed by atoms with Crippen LogP contribution in [0.4, 0.5) is 0 Å². The minimum atomic E-state index is -0.436. The molecule has 3 nitrogen and oxygen atoms in total. The molecule has 0 bridgehead atoms. The van der Waals surface area contributed by atoms with Gasteiger partial charge in [-0.15, -0.1) is 0 Å². The molecule has 0 saturated heterocycles. The number of fused-ring (bicyclic) bond motifs is 5. The lowest BCUT2D eigenvalue weighted by Gasteiger charge is -2.55. The highest BCUT2D eigenvalue weighted by atomic mass is 16.3. The van der Waals surface area contributed by atoms with Crippen LogP contribution in [-0.2, 0) is 4.79 Å². The second-order valence-corrected chi connectivity index (χ2v) is 10.1. The average Bonchev–Trinajstić information content (AvgIpc) is 2.83. The van der Waals surface area contributed by atoms with Gasteiger partial charge in [0.1, 0.15) is 6.61 Å². The molecular weight excluding hydrogens is 324 g/mol. The van der Waals surface area contributed by atoms with Gasteiger partial charge in [-0.1, -0.05) is 51.0 Å². The molecule has 2 N–H and O–H groups in total. The first-order valence-electron chi connectivity index (χ1n) is 10.4. The molecule has 2 saturated carbocycles. The first kappa shape index (κ1) is 18.4. The van der Waals surface area contributed by atoms with Gasteiger partial charge < -0.3 is 10.2 Å². The van der Waals surface area contributed by atoms with E-state index in [0.717, 1.165) is 38.5 Å². The number of aliphatic hydroxyl groups excluding tert-OH is 2. The summed E-state index contributed by atoms with van der Waals surface area (Å²) >= 11 is 0. The van der Waals surface area contributed by atoms with Crippen molar-refractivity contribution in [2.45, 2.75) is 72.3 Å². The molecule has 0 heterocycles. The Labute approximate surface area is 157 Å². The molecule has 0 aromatic rings. The van der Waals surface area contributed by atoms with E-state index in [-0.39, 0.29) is 29.3 Å². The number of hydrogen-bond acceptors (Lipinski definition) is 3. The van der Waals surface area contributed by atoms with E-state index >= 15 is 0 Å². The van der Waals surface area contributed by atoms with Gasteiger partial charge in [-0.2, -0.15) is 0 Å². The third-order valence-corrected chi connectivity index (χ3v) is 9.36. The zero-order chi connectivity index (χ0) is 18.9. The summed E-state index contributed by atoms with van der Waals surface area (Å²) in [6.45, 7) is 8.67. The van der Waals surface area contributed by atoms with E-state index in [1.165, 1.54) is 5.57 Å². The van der Waals surface area contributed by atoms with E-state index in [2.05, 4.69) is 39.8 Å². The molecule has 0 aromatic heterocycles. The Morgan fingerprint density at radius 3 is 2.69 bits per heavy atom. The van der Waals surface area contributed by atoms with E-state index in [9.17, 15) is 15.0 Å². The van der Waals surface area contributed by atoms with Crippen LogP contribution < -0.4 is 0 Å². The number of Topliss-reactive ketones (excluding diaryl/α,β-unsaturated/α-hetero) is 1. The Kier molecular flexibility index (Phi) is 4.10. The molecule has 4 aliphatic rings. The third kappa shape index (κ3) is 2.10. The molecule has 0 amide bonds. The van der Waals surface area contributed by atoms with Gasteiger partial charge in [-0.05, 0) is 61.7 Å². The molecule has 0 aliphatic heterocycles. The molecule has 0 spiro atoms. The molecule has 144 valence electrons. The second-order valence-electron chi connectivity index (χ2n) is 10.1.